The van der Waals surface area contributed by atoms with Gasteiger partial charge in [0.2, 0.25) is 0 Å². The number of ether oxygens (including phenoxy) is 3. The topological polar surface area (TPSA) is 68.2 Å². The second kappa shape index (κ2) is 16.4. The van der Waals surface area contributed by atoms with Crippen LogP contribution in [0.2, 0.25) is 0 Å². The van der Waals surface area contributed by atoms with Gasteiger partial charge in [-0.25, -0.2) is 17.6 Å². The van der Waals surface area contributed by atoms with Crippen LogP contribution >= 0.6 is 0 Å². The van der Waals surface area contributed by atoms with E-state index in [1.807, 2.05) is 0 Å². The number of hydrogen-bond donors (Lipinski definition) is 2. The highest BCUT2D eigenvalue weighted by Gasteiger charge is 2.32. The molecule has 2 N–H and O–H groups in total. The van der Waals surface area contributed by atoms with Crippen molar-refractivity contribution in [2.45, 2.75) is 33.5 Å². The van der Waals surface area contributed by atoms with E-state index in [1.165, 1.54) is 31.4 Å². The van der Waals surface area contributed by atoms with Crippen molar-refractivity contribution in [2.24, 2.45) is 0 Å². The van der Waals surface area contributed by atoms with Crippen molar-refractivity contribution in [3.8, 4) is 73.3 Å². The molecule has 0 aliphatic rings. The van der Waals surface area contributed by atoms with E-state index in [2.05, 4.69) is 9.47 Å². The highest BCUT2D eigenvalue weighted by atomic mass is 19.4. The van der Waals surface area contributed by atoms with Crippen LogP contribution in [0.3, 0.4) is 0 Å². The first kappa shape index (κ1) is 41.8. The summed E-state index contributed by atoms with van der Waals surface area (Å²) in [6.45, 7) is 5.19. The van der Waals surface area contributed by atoms with Gasteiger partial charge in [-0.2, -0.15) is 0 Å². The smallest absolute Gasteiger partial charge is 0.507 e. The number of methoxy groups -OCH3 is 1. The standard InChI is InChI=1S/C22H17F5O2.C20H13F5O3/c1-12-4-6-15(19(23)8-12)17-11-21(28-3)18(9-13(17)2)16-7-5-14(10-20(16)24)29-22(25,26)27;1-10-2-4-12(16(21)6-10)14-8-19(27)15(9-18(14)26)13-5-3-11(7-17(13)22)28-20(23,24)25/h4-11H,1-3H3;2-9,26-27H,1H3. The number of hydrogen-bond acceptors (Lipinski definition) is 5. The van der Waals surface area contributed by atoms with E-state index in [4.69, 9.17) is 4.74 Å². The maximum atomic E-state index is 14.5. The van der Waals surface area contributed by atoms with Crippen molar-refractivity contribution < 1.29 is 68.3 Å². The fourth-order valence-electron chi connectivity index (χ4n) is 5.87. The highest BCUT2D eigenvalue weighted by Crippen LogP contribution is 2.43. The second-order valence-corrected chi connectivity index (χ2v) is 12.6. The van der Waals surface area contributed by atoms with Gasteiger partial charge in [-0.05, 0) is 104 Å². The van der Waals surface area contributed by atoms with Gasteiger partial charge in [-0.1, -0.05) is 24.3 Å². The van der Waals surface area contributed by atoms with Crippen molar-refractivity contribution in [1.82, 2.24) is 0 Å². The molecular weight excluding hydrogens is 774 g/mol. The fraction of sp³-hybridized carbons (Fsp3) is 0.143. The van der Waals surface area contributed by atoms with Crippen LogP contribution in [-0.4, -0.2) is 30.0 Å². The molecule has 0 fully saturated rings. The quantitative estimate of drug-likeness (QED) is 0.124. The zero-order valence-corrected chi connectivity index (χ0v) is 30.1. The molecule has 6 aromatic carbocycles. The van der Waals surface area contributed by atoms with Gasteiger partial charge in [0.25, 0.3) is 0 Å². The van der Waals surface area contributed by atoms with Gasteiger partial charge >= 0.3 is 12.7 Å². The summed E-state index contributed by atoms with van der Waals surface area (Å²) < 4.78 is 144. The molecule has 0 aliphatic heterocycles. The number of rotatable bonds is 7. The Morgan fingerprint density at radius 1 is 0.421 bits per heavy atom. The van der Waals surface area contributed by atoms with Gasteiger partial charge < -0.3 is 24.4 Å². The molecule has 0 aromatic heterocycles. The van der Waals surface area contributed by atoms with Crippen LogP contribution in [0.1, 0.15) is 16.7 Å². The molecule has 0 bridgehead atoms. The van der Waals surface area contributed by atoms with Crippen LogP contribution in [-0.2, 0) is 0 Å². The molecule has 0 atom stereocenters. The molecule has 0 spiro atoms. The lowest BCUT2D eigenvalue weighted by Crippen LogP contribution is -2.17. The van der Waals surface area contributed by atoms with Crippen molar-refractivity contribution in [2.75, 3.05) is 7.11 Å². The third-order valence-corrected chi connectivity index (χ3v) is 8.42. The molecule has 6 aromatic rings. The van der Waals surface area contributed by atoms with Crippen LogP contribution < -0.4 is 14.2 Å². The lowest BCUT2D eigenvalue weighted by molar-refractivity contribution is -0.275. The van der Waals surface area contributed by atoms with E-state index in [0.717, 1.165) is 35.9 Å². The molecule has 0 amide bonds. The monoisotopic (exact) mass is 804 g/mol. The Bertz CT molecular complexity index is 2440. The normalized spacial score (nSPS) is 11.5. The molecule has 5 nitrogen and oxygen atoms in total. The molecule has 0 saturated heterocycles. The van der Waals surface area contributed by atoms with Crippen LogP contribution in [0.4, 0.5) is 43.9 Å². The largest absolute Gasteiger partial charge is 0.573 e. The third-order valence-electron chi connectivity index (χ3n) is 8.42. The molecule has 0 radical (unpaired) electrons. The Kier molecular flexibility index (Phi) is 12.0. The first-order chi connectivity index (χ1) is 26.6. The van der Waals surface area contributed by atoms with Crippen molar-refractivity contribution in [1.29, 1.82) is 0 Å². The van der Waals surface area contributed by atoms with E-state index >= 15 is 0 Å². The first-order valence-corrected chi connectivity index (χ1v) is 16.5. The number of phenolic OH excluding ortho intramolecular Hbond substituents is 2. The molecule has 57 heavy (non-hydrogen) atoms. The third kappa shape index (κ3) is 10.1. The minimum atomic E-state index is -4.98. The fourth-order valence-corrected chi connectivity index (χ4v) is 5.87. The SMILES string of the molecule is COc1cc(-c2ccc(C)cc2F)c(C)cc1-c1ccc(OC(F)(F)F)cc1F.Cc1ccc(-c2cc(O)c(-c3ccc(OC(F)(F)F)cc3F)cc2O)c(F)c1. The van der Waals surface area contributed by atoms with Gasteiger partial charge in [0, 0.05) is 51.1 Å². The van der Waals surface area contributed by atoms with Gasteiger partial charge in [-0.15, -0.1) is 26.3 Å². The lowest BCUT2D eigenvalue weighted by atomic mass is 9.93. The number of aryl methyl sites for hydroxylation is 3. The van der Waals surface area contributed by atoms with Gasteiger partial charge in [0.15, 0.2) is 0 Å². The van der Waals surface area contributed by atoms with E-state index in [9.17, 15) is 54.1 Å². The summed E-state index contributed by atoms with van der Waals surface area (Å²) in [5.74, 6) is -5.13. The summed E-state index contributed by atoms with van der Waals surface area (Å²) >= 11 is 0. The second-order valence-electron chi connectivity index (χ2n) is 12.6. The zero-order chi connectivity index (χ0) is 42.0. The van der Waals surface area contributed by atoms with Gasteiger partial charge in [-0.3, -0.25) is 0 Å². The Morgan fingerprint density at radius 3 is 1.16 bits per heavy atom. The summed E-state index contributed by atoms with van der Waals surface area (Å²) in [4.78, 5) is 0. The maximum absolute atomic E-state index is 14.5. The predicted octanol–water partition coefficient (Wildman–Crippen LogP) is 12.7. The number of alkyl halides is 6. The molecule has 298 valence electrons. The van der Waals surface area contributed by atoms with E-state index in [-0.39, 0.29) is 33.6 Å². The predicted molar refractivity (Wildman–Crippen MR) is 192 cm³/mol. The summed E-state index contributed by atoms with van der Waals surface area (Å²) in [6, 6.07) is 19.6. The summed E-state index contributed by atoms with van der Waals surface area (Å²) in [6.07, 6.45) is -9.89. The van der Waals surface area contributed by atoms with Crippen molar-refractivity contribution in [3.63, 3.8) is 0 Å². The number of benzene rings is 6. The molecule has 15 heteroatoms. The maximum Gasteiger partial charge on any atom is 0.573 e. The zero-order valence-electron chi connectivity index (χ0n) is 30.1. The summed E-state index contributed by atoms with van der Waals surface area (Å²) in [5.41, 5.74) is 2.96. The number of phenols is 2. The van der Waals surface area contributed by atoms with Crippen LogP contribution in [0.15, 0.2) is 97.1 Å². The lowest BCUT2D eigenvalue weighted by Gasteiger charge is -2.16. The van der Waals surface area contributed by atoms with E-state index in [0.29, 0.717) is 39.9 Å². The van der Waals surface area contributed by atoms with Crippen LogP contribution in [0.25, 0.3) is 44.5 Å². The van der Waals surface area contributed by atoms with Gasteiger partial charge in [0.1, 0.15) is 52.0 Å². The number of aromatic hydroxyl groups is 2. The molecule has 0 aliphatic carbocycles. The highest BCUT2D eigenvalue weighted by molar-refractivity contribution is 5.82. The number of halogens is 10. The van der Waals surface area contributed by atoms with Crippen LogP contribution in [0, 0.1) is 44.0 Å². The molecule has 0 unspecified atom stereocenters. The molecule has 0 saturated carbocycles. The average molecular weight is 805 g/mol. The average Bonchev–Trinajstić information content (AvgIpc) is 3.09. The minimum absolute atomic E-state index is 0.0174. The van der Waals surface area contributed by atoms with Crippen molar-refractivity contribution in [3.05, 3.63) is 137 Å². The Morgan fingerprint density at radius 2 is 0.789 bits per heavy atom. The van der Waals surface area contributed by atoms with E-state index in [1.54, 1.807) is 51.1 Å². The first-order valence-electron chi connectivity index (χ1n) is 16.5. The van der Waals surface area contributed by atoms with Gasteiger partial charge in [0.05, 0.1) is 7.11 Å². The van der Waals surface area contributed by atoms with Crippen LogP contribution in [0.5, 0.6) is 28.7 Å². The minimum Gasteiger partial charge on any atom is -0.507 e. The Labute approximate surface area is 318 Å². The van der Waals surface area contributed by atoms with Crippen molar-refractivity contribution >= 4 is 0 Å². The molecular formula is C42H30F10O5. The summed E-state index contributed by atoms with van der Waals surface area (Å²) in [5, 5.41) is 20.5. The molecule has 6 rings (SSSR count). The Balaban J connectivity index is 0.000000218. The Hall–Kier alpha value is -6.38. The summed E-state index contributed by atoms with van der Waals surface area (Å²) in [7, 11) is 1.38. The molecule has 0 heterocycles. The van der Waals surface area contributed by atoms with E-state index < -0.39 is 59.0 Å².